The average Bonchev–Trinajstić information content (AvgIpc) is 2.95. The zero-order chi connectivity index (χ0) is 28.4. The van der Waals surface area contributed by atoms with Crippen molar-refractivity contribution in [2.75, 3.05) is 0 Å². The van der Waals surface area contributed by atoms with Gasteiger partial charge >= 0.3 is 6.09 Å². The van der Waals surface area contributed by atoms with Gasteiger partial charge < -0.3 is 26.4 Å². The van der Waals surface area contributed by atoms with E-state index in [0.717, 1.165) is 16.0 Å². The van der Waals surface area contributed by atoms with E-state index in [4.69, 9.17) is 16.2 Å². The molecule has 208 valence electrons. The lowest BCUT2D eigenvalue weighted by Crippen LogP contribution is -2.61. The van der Waals surface area contributed by atoms with Crippen LogP contribution in [0.5, 0.6) is 0 Å². The van der Waals surface area contributed by atoms with Crippen LogP contribution in [0.15, 0.2) is 85.2 Å². The third-order valence-electron chi connectivity index (χ3n) is 6.64. The fourth-order valence-corrected chi connectivity index (χ4v) is 4.24. The topological polar surface area (TPSA) is 152 Å². The normalized spacial score (nSPS) is 15.2. The number of nitrogens with two attached hydrogens (primary N) is 2. The highest BCUT2D eigenvalue weighted by Gasteiger charge is 2.42. The highest BCUT2D eigenvalue weighted by Crippen LogP contribution is 2.21. The molecule has 2 amide bonds. The van der Waals surface area contributed by atoms with Crippen molar-refractivity contribution in [3.05, 3.63) is 102 Å². The third-order valence-corrected chi connectivity index (χ3v) is 6.64. The molecule has 1 aromatic heterocycles. The summed E-state index contributed by atoms with van der Waals surface area (Å²) in [7, 11) is 0. The van der Waals surface area contributed by atoms with E-state index in [2.05, 4.69) is 4.98 Å². The molecule has 1 heterocycles. The predicted molar refractivity (Wildman–Crippen MR) is 148 cm³/mol. The number of hydrogen-bond acceptors (Lipinski definition) is 8. The van der Waals surface area contributed by atoms with Crippen molar-refractivity contribution in [3.8, 4) is 0 Å². The average molecular weight is 535 g/mol. The van der Waals surface area contributed by atoms with Crippen LogP contribution in [0.25, 0.3) is 0 Å². The molecule has 0 radical (unpaired) electrons. The second-order valence-corrected chi connectivity index (χ2v) is 9.99. The molecule has 6 N–H and O–H groups in total. The summed E-state index contributed by atoms with van der Waals surface area (Å²) in [5.41, 5.74) is 14.7. The number of imide groups is 1. The smallest absolute Gasteiger partial charge is 0.417 e. The molecule has 0 saturated heterocycles. The van der Waals surface area contributed by atoms with Crippen LogP contribution in [0.4, 0.5) is 4.79 Å². The molecule has 0 bridgehead atoms. The SMILES string of the molecule is CC(C)[C@H](N)C(=O)N(C(=O)OCc1cccnc1)[C@@H](Cc1ccccc1)C(O)C(O)[C@@H](N)Cc1ccccc1. The second-order valence-electron chi connectivity index (χ2n) is 9.99. The van der Waals surface area contributed by atoms with E-state index in [9.17, 15) is 19.8 Å². The fourth-order valence-electron chi connectivity index (χ4n) is 4.24. The number of nitrogens with zero attached hydrogens (tertiary/aromatic N) is 2. The van der Waals surface area contributed by atoms with Gasteiger partial charge in [0.25, 0.3) is 0 Å². The summed E-state index contributed by atoms with van der Waals surface area (Å²) >= 11 is 0. The molecule has 5 atom stereocenters. The largest absolute Gasteiger partial charge is 0.444 e. The molecule has 0 spiro atoms. The van der Waals surface area contributed by atoms with Gasteiger partial charge in [0.1, 0.15) is 12.7 Å². The molecular weight excluding hydrogens is 496 g/mol. The maximum Gasteiger partial charge on any atom is 0.417 e. The van der Waals surface area contributed by atoms with E-state index in [0.29, 0.717) is 5.56 Å². The van der Waals surface area contributed by atoms with E-state index in [1.165, 1.54) is 0 Å². The number of hydrogen-bond donors (Lipinski definition) is 4. The highest BCUT2D eigenvalue weighted by atomic mass is 16.6. The lowest BCUT2D eigenvalue weighted by atomic mass is 9.90. The van der Waals surface area contributed by atoms with Gasteiger partial charge in [-0.2, -0.15) is 0 Å². The Morgan fingerprint density at radius 1 is 0.846 bits per heavy atom. The minimum absolute atomic E-state index is 0.0513. The summed E-state index contributed by atoms with van der Waals surface area (Å²) in [5.74, 6) is -1.02. The minimum Gasteiger partial charge on any atom is -0.444 e. The van der Waals surface area contributed by atoms with Crippen LogP contribution in [0.1, 0.15) is 30.5 Å². The quantitative estimate of drug-likeness (QED) is 0.276. The molecular formula is C30H38N4O5. The van der Waals surface area contributed by atoms with Gasteiger partial charge in [0.2, 0.25) is 5.91 Å². The predicted octanol–water partition coefficient (Wildman–Crippen LogP) is 2.43. The maximum atomic E-state index is 13.6. The first-order valence-electron chi connectivity index (χ1n) is 13.0. The number of carbonyl (C=O) groups excluding carboxylic acids is 2. The molecule has 0 saturated carbocycles. The Bertz CT molecular complexity index is 1160. The molecule has 0 aliphatic heterocycles. The van der Waals surface area contributed by atoms with Gasteiger partial charge in [-0.1, -0.05) is 80.6 Å². The van der Waals surface area contributed by atoms with Gasteiger partial charge in [-0.3, -0.25) is 9.78 Å². The van der Waals surface area contributed by atoms with E-state index < -0.39 is 42.3 Å². The van der Waals surface area contributed by atoms with Crippen molar-refractivity contribution < 1.29 is 24.5 Å². The summed E-state index contributed by atoms with van der Waals surface area (Å²) < 4.78 is 5.49. The molecule has 0 aliphatic rings. The van der Waals surface area contributed by atoms with E-state index >= 15 is 0 Å². The van der Waals surface area contributed by atoms with Crippen LogP contribution >= 0.6 is 0 Å². The standard InChI is InChI=1S/C30H38N4O5/c1-20(2)26(32)29(37)34(30(38)39-19-23-14-9-15-33-18-23)25(17-22-12-7-4-8-13-22)28(36)27(35)24(31)16-21-10-5-3-6-11-21/h3-15,18,20,24-28,35-36H,16-17,19,31-32H2,1-2H3/t24-,25-,26-,27?,28?/m0/s1. The number of rotatable bonds is 12. The van der Waals surface area contributed by atoms with Gasteiger partial charge in [0, 0.05) is 24.0 Å². The number of aliphatic hydroxyl groups is 2. The van der Waals surface area contributed by atoms with Crippen LogP contribution in [-0.2, 0) is 29.0 Å². The Labute approximate surface area is 229 Å². The first-order valence-corrected chi connectivity index (χ1v) is 13.0. The molecule has 3 aromatic rings. The number of aliphatic hydroxyl groups excluding tert-OH is 2. The Balaban J connectivity index is 1.94. The van der Waals surface area contributed by atoms with E-state index in [1.54, 1.807) is 38.4 Å². The first kappa shape index (κ1) is 29.9. The molecule has 39 heavy (non-hydrogen) atoms. The second kappa shape index (κ2) is 14.5. The molecule has 2 aromatic carbocycles. The first-order chi connectivity index (χ1) is 18.7. The Morgan fingerprint density at radius 3 is 1.95 bits per heavy atom. The van der Waals surface area contributed by atoms with Crippen LogP contribution < -0.4 is 11.5 Å². The van der Waals surface area contributed by atoms with E-state index in [1.807, 2.05) is 60.7 Å². The van der Waals surface area contributed by atoms with Gasteiger partial charge in [-0.15, -0.1) is 0 Å². The lowest BCUT2D eigenvalue weighted by Gasteiger charge is -2.37. The fraction of sp³-hybridized carbons (Fsp3) is 0.367. The Hall–Kier alpha value is -3.63. The molecule has 0 fully saturated rings. The van der Waals surface area contributed by atoms with Crippen molar-refractivity contribution in [3.63, 3.8) is 0 Å². The summed E-state index contributed by atoms with van der Waals surface area (Å²) in [6, 6.07) is 18.7. The lowest BCUT2D eigenvalue weighted by molar-refractivity contribution is -0.138. The molecule has 3 rings (SSSR count). The monoisotopic (exact) mass is 534 g/mol. The summed E-state index contributed by atoms with van der Waals surface area (Å²) in [6.45, 7) is 3.38. The molecule has 9 nitrogen and oxygen atoms in total. The van der Waals surface area contributed by atoms with Crippen molar-refractivity contribution >= 4 is 12.0 Å². The van der Waals surface area contributed by atoms with E-state index in [-0.39, 0.29) is 25.4 Å². The van der Waals surface area contributed by atoms with Crippen LogP contribution in [0.2, 0.25) is 0 Å². The number of carbonyl (C=O) groups is 2. The molecule has 0 aliphatic carbocycles. The Kier molecular flexibility index (Phi) is 11.1. The van der Waals surface area contributed by atoms with Gasteiger partial charge in [0.15, 0.2) is 0 Å². The van der Waals surface area contributed by atoms with Gasteiger partial charge in [0.05, 0.1) is 18.2 Å². The zero-order valence-corrected chi connectivity index (χ0v) is 22.3. The number of amides is 2. The summed E-state index contributed by atoms with van der Waals surface area (Å²) in [4.78, 5) is 32.0. The zero-order valence-electron chi connectivity index (χ0n) is 22.3. The number of ether oxygens (including phenoxy) is 1. The van der Waals surface area contributed by atoms with Crippen LogP contribution in [-0.4, -0.2) is 62.4 Å². The maximum absolute atomic E-state index is 13.6. The number of benzene rings is 2. The van der Waals surface area contributed by atoms with Crippen molar-refractivity contribution in [1.29, 1.82) is 0 Å². The van der Waals surface area contributed by atoms with Gasteiger partial charge in [-0.05, 0) is 36.0 Å². The third kappa shape index (κ3) is 8.43. The van der Waals surface area contributed by atoms with Crippen LogP contribution in [0.3, 0.4) is 0 Å². The van der Waals surface area contributed by atoms with Crippen molar-refractivity contribution in [2.45, 2.75) is 63.6 Å². The highest BCUT2D eigenvalue weighted by molar-refractivity contribution is 5.95. The summed E-state index contributed by atoms with van der Waals surface area (Å²) in [5, 5.41) is 22.6. The van der Waals surface area contributed by atoms with Gasteiger partial charge in [-0.25, -0.2) is 9.69 Å². The van der Waals surface area contributed by atoms with Crippen molar-refractivity contribution in [2.24, 2.45) is 17.4 Å². The Morgan fingerprint density at radius 2 is 1.41 bits per heavy atom. The molecule has 2 unspecified atom stereocenters. The van der Waals surface area contributed by atoms with Crippen LogP contribution in [0, 0.1) is 5.92 Å². The number of aromatic nitrogens is 1. The number of pyridine rings is 1. The van der Waals surface area contributed by atoms with Crippen molar-refractivity contribution in [1.82, 2.24) is 9.88 Å². The minimum atomic E-state index is -1.59. The summed E-state index contributed by atoms with van der Waals surface area (Å²) in [6.07, 6.45) is -0.563. The molecule has 9 heteroatoms.